The number of rotatable bonds is 4. The third-order valence-corrected chi connectivity index (χ3v) is 3.99. The Labute approximate surface area is 125 Å². The van der Waals surface area contributed by atoms with E-state index in [1.165, 1.54) is 11.1 Å². The highest BCUT2D eigenvalue weighted by atomic mass is 35.5. The van der Waals surface area contributed by atoms with Gasteiger partial charge in [0.2, 0.25) is 0 Å². The number of anilines is 1. The number of nitrogens with two attached hydrogens (primary N) is 1. The highest BCUT2D eigenvalue weighted by Crippen LogP contribution is 2.28. The molecule has 0 saturated carbocycles. The minimum atomic E-state index is 0.201. The molecule has 0 spiro atoms. The molecule has 1 unspecified atom stereocenters. The van der Waals surface area contributed by atoms with Crippen molar-refractivity contribution in [3.8, 4) is 0 Å². The van der Waals surface area contributed by atoms with E-state index in [9.17, 15) is 0 Å². The van der Waals surface area contributed by atoms with Gasteiger partial charge in [-0.05, 0) is 43.2 Å². The normalized spacial score (nSPS) is 12.2. The summed E-state index contributed by atoms with van der Waals surface area (Å²) < 4.78 is 0. The van der Waals surface area contributed by atoms with Gasteiger partial charge in [0, 0.05) is 30.4 Å². The standard InChI is InChI=1S/C16H20ClN3/c1-11-8-9-19-16(15(11)10-18)20(3)12(2)13-4-6-14(17)7-5-13/h4-9,12H,10,18H2,1-3H3. The summed E-state index contributed by atoms with van der Waals surface area (Å²) >= 11 is 5.94. The summed E-state index contributed by atoms with van der Waals surface area (Å²) in [6, 6.07) is 10.1. The summed E-state index contributed by atoms with van der Waals surface area (Å²) in [6.45, 7) is 4.70. The molecule has 0 aliphatic rings. The smallest absolute Gasteiger partial charge is 0.133 e. The van der Waals surface area contributed by atoms with Crippen molar-refractivity contribution < 1.29 is 0 Å². The molecule has 2 N–H and O–H groups in total. The van der Waals surface area contributed by atoms with Gasteiger partial charge in [-0.15, -0.1) is 0 Å². The Balaban J connectivity index is 2.33. The molecular formula is C16H20ClN3. The first kappa shape index (κ1) is 14.8. The average molecular weight is 290 g/mol. The number of benzene rings is 1. The van der Waals surface area contributed by atoms with Gasteiger partial charge < -0.3 is 10.6 Å². The largest absolute Gasteiger partial charge is 0.353 e. The topological polar surface area (TPSA) is 42.2 Å². The van der Waals surface area contributed by atoms with Crippen LogP contribution in [0.5, 0.6) is 0 Å². The van der Waals surface area contributed by atoms with Crippen LogP contribution in [-0.2, 0) is 6.54 Å². The summed E-state index contributed by atoms with van der Waals surface area (Å²) in [5.41, 5.74) is 9.33. The number of pyridine rings is 1. The molecule has 106 valence electrons. The maximum absolute atomic E-state index is 5.94. The van der Waals surface area contributed by atoms with E-state index in [2.05, 4.69) is 23.7 Å². The lowest BCUT2D eigenvalue weighted by molar-refractivity contribution is 0.721. The maximum atomic E-state index is 5.94. The second-order valence-corrected chi connectivity index (χ2v) is 5.41. The van der Waals surface area contributed by atoms with Crippen molar-refractivity contribution in [2.75, 3.05) is 11.9 Å². The maximum Gasteiger partial charge on any atom is 0.133 e. The van der Waals surface area contributed by atoms with Gasteiger partial charge in [-0.3, -0.25) is 0 Å². The van der Waals surface area contributed by atoms with Crippen molar-refractivity contribution in [3.05, 3.63) is 58.2 Å². The van der Waals surface area contributed by atoms with Crippen LogP contribution >= 0.6 is 11.6 Å². The van der Waals surface area contributed by atoms with E-state index in [1.54, 1.807) is 0 Å². The first-order valence-electron chi connectivity index (χ1n) is 6.67. The van der Waals surface area contributed by atoms with Gasteiger partial charge in [0.15, 0.2) is 0 Å². The molecule has 2 rings (SSSR count). The minimum absolute atomic E-state index is 0.201. The Morgan fingerprint density at radius 3 is 2.50 bits per heavy atom. The summed E-state index contributed by atoms with van der Waals surface area (Å²) in [4.78, 5) is 6.65. The molecule has 1 aromatic heterocycles. The van der Waals surface area contributed by atoms with Gasteiger partial charge in [0.25, 0.3) is 0 Å². The second-order valence-electron chi connectivity index (χ2n) is 4.97. The van der Waals surface area contributed by atoms with Crippen molar-refractivity contribution in [3.63, 3.8) is 0 Å². The van der Waals surface area contributed by atoms with E-state index in [1.807, 2.05) is 43.6 Å². The zero-order valence-electron chi connectivity index (χ0n) is 12.1. The summed E-state index contributed by atoms with van der Waals surface area (Å²) in [5.74, 6) is 0.940. The fourth-order valence-corrected chi connectivity index (χ4v) is 2.41. The van der Waals surface area contributed by atoms with Gasteiger partial charge in [-0.2, -0.15) is 0 Å². The molecule has 4 heteroatoms. The number of halogens is 1. The van der Waals surface area contributed by atoms with Crippen LogP contribution in [0.3, 0.4) is 0 Å². The summed E-state index contributed by atoms with van der Waals surface area (Å²) in [5, 5.41) is 0.750. The quantitative estimate of drug-likeness (QED) is 0.933. The molecule has 0 aliphatic carbocycles. The van der Waals surface area contributed by atoms with Crippen molar-refractivity contribution in [2.24, 2.45) is 5.73 Å². The van der Waals surface area contributed by atoms with Crippen molar-refractivity contribution in [1.29, 1.82) is 0 Å². The van der Waals surface area contributed by atoms with Crippen LogP contribution in [0.15, 0.2) is 36.5 Å². The van der Waals surface area contributed by atoms with Crippen LogP contribution in [0.1, 0.15) is 29.7 Å². The number of hydrogen-bond acceptors (Lipinski definition) is 3. The SMILES string of the molecule is Cc1ccnc(N(C)C(C)c2ccc(Cl)cc2)c1CN. The molecule has 0 fully saturated rings. The molecule has 0 saturated heterocycles. The van der Waals surface area contributed by atoms with Crippen LogP contribution in [0.25, 0.3) is 0 Å². The van der Waals surface area contributed by atoms with E-state index in [0.717, 1.165) is 16.4 Å². The molecule has 0 aliphatic heterocycles. The molecule has 20 heavy (non-hydrogen) atoms. The second kappa shape index (κ2) is 6.25. The van der Waals surface area contributed by atoms with E-state index in [0.29, 0.717) is 6.54 Å². The number of aryl methyl sites for hydroxylation is 1. The Hall–Kier alpha value is -1.58. The molecule has 0 bridgehead atoms. The van der Waals surface area contributed by atoms with Crippen LogP contribution in [0.4, 0.5) is 5.82 Å². The van der Waals surface area contributed by atoms with E-state index < -0.39 is 0 Å². The lowest BCUT2D eigenvalue weighted by Gasteiger charge is -2.28. The van der Waals surface area contributed by atoms with Crippen LogP contribution < -0.4 is 10.6 Å². The predicted octanol–water partition coefficient (Wildman–Crippen LogP) is 3.70. The third-order valence-electron chi connectivity index (χ3n) is 3.74. The van der Waals surface area contributed by atoms with Gasteiger partial charge in [-0.25, -0.2) is 4.98 Å². The molecule has 2 aromatic rings. The van der Waals surface area contributed by atoms with Crippen LogP contribution in [0, 0.1) is 6.92 Å². The molecule has 1 atom stereocenters. The molecule has 3 nitrogen and oxygen atoms in total. The predicted molar refractivity (Wildman–Crippen MR) is 85.1 cm³/mol. The Morgan fingerprint density at radius 2 is 1.90 bits per heavy atom. The van der Waals surface area contributed by atoms with Crippen LogP contribution in [-0.4, -0.2) is 12.0 Å². The Bertz CT molecular complexity index is 581. The Kier molecular flexibility index (Phi) is 4.63. The van der Waals surface area contributed by atoms with Gasteiger partial charge >= 0.3 is 0 Å². The lowest BCUT2D eigenvalue weighted by atomic mass is 10.1. The molecule has 1 heterocycles. The molecule has 0 radical (unpaired) electrons. The fourth-order valence-electron chi connectivity index (χ4n) is 2.28. The molecular weight excluding hydrogens is 270 g/mol. The monoisotopic (exact) mass is 289 g/mol. The Morgan fingerprint density at radius 1 is 1.25 bits per heavy atom. The van der Waals surface area contributed by atoms with Crippen molar-refractivity contribution >= 4 is 17.4 Å². The summed E-state index contributed by atoms with van der Waals surface area (Å²) in [7, 11) is 2.04. The molecule has 0 amide bonds. The van der Waals surface area contributed by atoms with Gasteiger partial charge in [0.1, 0.15) is 5.82 Å². The lowest BCUT2D eigenvalue weighted by Crippen LogP contribution is -2.25. The van der Waals surface area contributed by atoms with E-state index in [-0.39, 0.29) is 6.04 Å². The molecule has 1 aromatic carbocycles. The van der Waals surface area contributed by atoms with Gasteiger partial charge in [-0.1, -0.05) is 23.7 Å². The average Bonchev–Trinajstić information content (AvgIpc) is 2.46. The first-order valence-corrected chi connectivity index (χ1v) is 7.05. The van der Waals surface area contributed by atoms with E-state index in [4.69, 9.17) is 17.3 Å². The fraction of sp³-hybridized carbons (Fsp3) is 0.312. The highest BCUT2D eigenvalue weighted by molar-refractivity contribution is 6.30. The highest BCUT2D eigenvalue weighted by Gasteiger charge is 2.17. The number of hydrogen-bond donors (Lipinski definition) is 1. The number of nitrogens with zero attached hydrogens (tertiary/aromatic N) is 2. The zero-order chi connectivity index (χ0) is 14.7. The van der Waals surface area contributed by atoms with E-state index >= 15 is 0 Å². The van der Waals surface area contributed by atoms with Crippen LogP contribution in [0.2, 0.25) is 5.02 Å². The zero-order valence-corrected chi connectivity index (χ0v) is 12.9. The summed E-state index contributed by atoms with van der Waals surface area (Å²) in [6.07, 6.45) is 1.83. The number of aromatic nitrogens is 1. The van der Waals surface area contributed by atoms with Gasteiger partial charge in [0.05, 0.1) is 6.04 Å². The van der Waals surface area contributed by atoms with Crippen molar-refractivity contribution in [1.82, 2.24) is 4.98 Å². The first-order chi connectivity index (χ1) is 9.54. The van der Waals surface area contributed by atoms with Crippen molar-refractivity contribution in [2.45, 2.75) is 26.4 Å². The minimum Gasteiger partial charge on any atom is -0.353 e. The third kappa shape index (κ3) is 2.94.